The van der Waals surface area contributed by atoms with E-state index in [0.29, 0.717) is 15.6 Å². The molecule has 0 saturated heterocycles. The van der Waals surface area contributed by atoms with Gasteiger partial charge in [0.15, 0.2) is 0 Å². The predicted octanol–water partition coefficient (Wildman–Crippen LogP) is 1.96. The first-order valence-electron chi connectivity index (χ1n) is 5.72. The van der Waals surface area contributed by atoms with Crippen LogP contribution in [0.3, 0.4) is 0 Å². The third kappa shape index (κ3) is 4.85. The van der Waals surface area contributed by atoms with Crippen molar-refractivity contribution >= 4 is 41.2 Å². The molecule has 0 saturated carbocycles. The fourth-order valence-corrected chi connectivity index (χ4v) is 1.96. The average molecular weight is 318 g/mol. The number of carboxylic acids is 1. The number of rotatable bonds is 6. The fraction of sp³-hybridized carbons (Fsp3) is 0.231. The molecule has 1 atom stereocenters. The lowest BCUT2D eigenvalue weighted by Gasteiger charge is -2.11. The quantitative estimate of drug-likeness (QED) is 0.700. The number of carbonyl (C=O) groups excluding carboxylic acids is 1. The van der Waals surface area contributed by atoms with E-state index >= 15 is 0 Å². The Morgan fingerprint density at radius 3 is 2.40 bits per heavy atom. The number of amides is 1. The second-order valence-corrected chi connectivity index (χ2v) is 4.69. The molecule has 1 aromatic rings. The molecule has 1 unspecified atom stereocenters. The zero-order valence-corrected chi connectivity index (χ0v) is 11.9. The molecule has 3 N–H and O–H groups in total. The van der Waals surface area contributed by atoms with Gasteiger partial charge in [0.25, 0.3) is 0 Å². The first kappa shape index (κ1) is 16.5. The molecule has 0 radical (unpaired) electrons. The largest absolute Gasteiger partial charge is 0.480 e. The van der Waals surface area contributed by atoms with Crippen molar-refractivity contribution in [1.82, 2.24) is 5.32 Å². The van der Waals surface area contributed by atoms with Crippen LogP contribution in [0.1, 0.15) is 12.0 Å². The van der Waals surface area contributed by atoms with E-state index in [1.54, 1.807) is 18.2 Å². The van der Waals surface area contributed by atoms with Gasteiger partial charge < -0.3 is 15.5 Å². The summed E-state index contributed by atoms with van der Waals surface area (Å²) in [7, 11) is 0. The van der Waals surface area contributed by atoms with E-state index in [9.17, 15) is 9.59 Å². The highest BCUT2D eigenvalue weighted by atomic mass is 35.5. The first-order chi connectivity index (χ1) is 9.45. The molecule has 1 amide bonds. The summed E-state index contributed by atoms with van der Waals surface area (Å²) in [5, 5.41) is 20.6. The van der Waals surface area contributed by atoms with Gasteiger partial charge in [-0.1, -0.05) is 29.3 Å². The standard InChI is InChI=1S/C13H13Cl2NO4/c14-9-2-1-3-10(15)8(9)4-5-12(18)16-11(6-7-17)13(19)20/h1-5,11,17H,6-7H2,(H,16,18)(H,19,20)/b5-4+. The van der Waals surface area contributed by atoms with E-state index in [0.717, 1.165) is 6.08 Å². The number of aliphatic hydroxyl groups is 1. The second kappa shape index (κ2) is 7.89. The van der Waals surface area contributed by atoms with E-state index in [-0.39, 0.29) is 13.0 Å². The highest BCUT2D eigenvalue weighted by molar-refractivity contribution is 6.37. The Balaban J connectivity index is 2.75. The van der Waals surface area contributed by atoms with Crippen molar-refractivity contribution in [3.63, 3.8) is 0 Å². The summed E-state index contributed by atoms with van der Waals surface area (Å²) in [6, 6.07) is 3.77. The van der Waals surface area contributed by atoms with Crippen LogP contribution in [0.25, 0.3) is 6.08 Å². The summed E-state index contributed by atoms with van der Waals surface area (Å²) in [5.74, 6) is -1.82. The van der Waals surface area contributed by atoms with Gasteiger partial charge in [-0.05, 0) is 18.2 Å². The lowest BCUT2D eigenvalue weighted by atomic mass is 10.2. The van der Waals surface area contributed by atoms with Crippen LogP contribution in [-0.2, 0) is 9.59 Å². The molecule has 0 fully saturated rings. The fourth-order valence-electron chi connectivity index (χ4n) is 1.44. The Bertz CT molecular complexity index is 511. The lowest BCUT2D eigenvalue weighted by Crippen LogP contribution is -2.40. The molecular formula is C13H13Cl2NO4. The number of carbonyl (C=O) groups is 2. The molecule has 108 valence electrons. The number of halogens is 2. The molecular weight excluding hydrogens is 305 g/mol. The number of hydrogen-bond acceptors (Lipinski definition) is 3. The normalized spacial score (nSPS) is 12.3. The number of carboxylic acid groups (broad SMARTS) is 1. The number of aliphatic hydroxyl groups excluding tert-OH is 1. The third-order valence-electron chi connectivity index (χ3n) is 2.43. The minimum atomic E-state index is -1.21. The average Bonchev–Trinajstić information content (AvgIpc) is 2.37. The van der Waals surface area contributed by atoms with Gasteiger partial charge in [0.1, 0.15) is 6.04 Å². The Kier molecular flexibility index (Phi) is 6.51. The van der Waals surface area contributed by atoms with E-state index in [2.05, 4.69) is 5.32 Å². The van der Waals surface area contributed by atoms with Gasteiger partial charge in [0.05, 0.1) is 0 Å². The summed E-state index contributed by atoms with van der Waals surface area (Å²) >= 11 is 11.8. The zero-order chi connectivity index (χ0) is 15.1. The van der Waals surface area contributed by atoms with Crippen molar-refractivity contribution in [2.24, 2.45) is 0 Å². The van der Waals surface area contributed by atoms with E-state index in [4.69, 9.17) is 33.4 Å². The molecule has 20 heavy (non-hydrogen) atoms. The molecule has 1 aromatic carbocycles. The maximum absolute atomic E-state index is 11.6. The van der Waals surface area contributed by atoms with Gasteiger partial charge in [-0.3, -0.25) is 4.79 Å². The number of hydrogen-bond donors (Lipinski definition) is 3. The number of nitrogens with one attached hydrogen (secondary N) is 1. The van der Waals surface area contributed by atoms with Crippen LogP contribution in [0.2, 0.25) is 10.0 Å². The molecule has 0 bridgehead atoms. The SMILES string of the molecule is O=C(/C=C/c1c(Cl)cccc1Cl)NC(CCO)C(=O)O. The monoisotopic (exact) mass is 317 g/mol. The molecule has 0 aliphatic heterocycles. The Labute approximate surface area is 125 Å². The smallest absolute Gasteiger partial charge is 0.326 e. The van der Waals surface area contributed by atoms with Gasteiger partial charge in [0.2, 0.25) is 5.91 Å². The second-order valence-electron chi connectivity index (χ2n) is 3.88. The van der Waals surface area contributed by atoms with Gasteiger partial charge in [-0.25, -0.2) is 4.79 Å². The molecule has 5 nitrogen and oxygen atoms in total. The van der Waals surface area contributed by atoms with Gasteiger partial charge in [0, 0.05) is 34.7 Å². The van der Waals surface area contributed by atoms with E-state index in [1.807, 2.05) is 0 Å². The maximum Gasteiger partial charge on any atom is 0.326 e. The maximum atomic E-state index is 11.6. The van der Waals surface area contributed by atoms with Gasteiger partial charge in [-0.2, -0.15) is 0 Å². The molecule has 0 heterocycles. The van der Waals surface area contributed by atoms with Crippen molar-refractivity contribution in [2.75, 3.05) is 6.61 Å². The summed E-state index contributed by atoms with van der Waals surface area (Å²) in [6.45, 7) is -0.336. The van der Waals surface area contributed by atoms with Crippen LogP contribution < -0.4 is 5.32 Å². The van der Waals surface area contributed by atoms with Crippen LogP contribution >= 0.6 is 23.2 Å². The lowest BCUT2D eigenvalue weighted by molar-refractivity contribution is -0.141. The van der Waals surface area contributed by atoms with Gasteiger partial charge >= 0.3 is 5.97 Å². The van der Waals surface area contributed by atoms with Crippen molar-refractivity contribution in [3.05, 3.63) is 39.9 Å². The first-order valence-corrected chi connectivity index (χ1v) is 6.47. The predicted molar refractivity (Wildman–Crippen MR) is 76.8 cm³/mol. The van der Waals surface area contributed by atoms with Gasteiger partial charge in [-0.15, -0.1) is 0 Å². The third-order valence-corrected chi connectivity index (χ3v) is 3.09. The summed E-state index contributed by atoms with van der Waals surface area (Å²) < 4.78 is 0. The van der Waals surface area contributed by atoms with E-state index in [1.165, 1.54) is 6.08 Å². The molecule has 0 aliphatic carbocycles. The Hall–Kier alpha value is -1.56. The highest BCUT2D eigenvalue weighted by Gasteiger charge is 2.17. The van der Waals surface area contributed by atoms with E-state index < -0.39 is 17.9 Å². The zero-order valence-electron chi connectivity index (χ0n) is 10.3. The van der Waals surface area contributed by atoms with Crippen molar-refractivity contribution < 1.29 is 19.8 Å². The minimum absolute atomic E-state index is 0.0677. The van der Waals surface area contributed by atoms with Crippen LogP contribution in [0.15, 0.2) is 24.3 Å². The van der Waals surface area contributed by atoms with Crippen LogP contribution in [-0.4, -0.2) is 34.7 Å². The van der Waals surface area contributed by atoms with Crippen molar-refractivity contribution in [2.45, 2.75) is 12.5 Å². The van der Waals surface area contributed by atoms with Crippen LogP contribution in [0.4, 0.5) is 0 Å². The molecule has 0 spiro atoms. The Morgan fingerprint density at radius 1 is 1.30 bits per heavy atom. The topological polar surface area (TPSA) is 86.6 Å². The minimum Gasteiger partial charge on any atom is -0.480 e. The summed E-state index contributed by atoms with van der Waals surface area (Å²) in [6.07, 6.45) is 2.47. The molecule has 0 aromatic heterocycles. The van der Waals surface area contributed by atoms with Crippen molar-refractivity contribution in [1.29, 1.82) is 0 Å². The summed E-state index contributed by atoms with van der Waals surface area (Å²) in [4.78, 5) is 22.4. The number of benzene rings is 1. The molecule has 0 aliphatic rings. The summed E-state index contributed by atoms with van der Waals surface area (Å²) in [5.41, 5.74) is 0.472. The van der Waals surface area contributed by atoms with Crippen LogP contribution in [0, 0.1) is 0 Å². The molecule has 1 rings (SSSR count). The highest BCUT2D eigenvalue weighted by Crippen LogP contribution is 2.25. The van der Waals surface area contributed by atoms with Crippen molar-refractivity contribution in [3.8, 4) is 0 Å². The molecule has 7 heteroatoms. The van der Waals surface area contributed by atoms with Crippen LogP contribution in [0.5, 0.6) is 0 Å². The number of aliphatic carboxylic acids is 1. The Morgan fingerprint density at radius 2 is 1.90 bits per heavy atom.